The summed E-state index contributed by atoms with van der Waals surface area (Å²) < 4.78 is 29.7. The predicted molar refractivity (Wildman–Crippen MR) is 62.6 cm³/mol. The summed E-state index contributed by atoms with van der Waals surface area (Å²) in [6.45, 7) is 0. The van der Waals surface area contributed by atoms with Gasteiger partial charge in [-0.05, 0) is 28.7 Å². The van der Waals surface area contributed by atoms with Crippen LogP contribution in [0.3, 0.4) is 0 Å². The van der Waals surface area contributed by atoms with E-state index in [1.165, 1.54) is 13.2 Å². The van der Waals surface area contributed by atoms with Gasteiger partial charge in [0.1, 0.15) is 10.8 Å². The minimum absolute atomic E-state index is 0.0792. The van der Waals surface area contributed by atoms with Gasteiger partial charge in [-0.1, -0.05) is 11.6 Å². The summed E-state index contributed by atoms with van der Waals surface area (Å²) in [4.78, 5) is 14.6. The average Bonchev–Trinajstić information content (AvgIpc) is 2.22. The number of ether oxygens (including phenoxy) is 1. The Bertz CT molecular complexity index is 391. The first kappa shape index (κ1) is 13.6. The lowest BCUT2D eigenvalue weighted by Gasteiger charge is -2.07. The molecule has 0 atom stereocenters. The molecule has 1 rings (SSSR count). The molecule has 0 aliphatic carbocycles. The first-order valence-corrected chi connectivity index (χ1v) is 5.61. The maximum atomic E-state index is 12.4. The topological polar surface area (TPSA) is 39.2 Å². The summed E-state index contributed by atoms with van der Waals surface area (Å²) >= 11 is 7.55. The average molecular weight is 362 g/mol. The fraction of sp³-hybridized carbons (Fsp3) is 0.333. The maximum Gasteiger partial charge on any atom is 0.310 e. The fourth-order valence-corrected chi connectivity index (χ4v) is 2.21. The van der Waals surface area contributed by atoms with Crippen molar-refractivity contribution in [1.82, 2.24) is 4.98 Å². The number of esters is 1. The van der Waals surface area contributed by atoms with Gasteiger partial charge in [-0.2, -0.15) is 0 Å². The molecule has 0 saturated heterocycles. The van der Waals surface area contributed by atoms with Crippen molar-refractivity contribution in [2.45, 2.75) is 12.8 Å². The summed E-state index contributed by atoms with van der Waals surface area (Å²) in [5.74, 6) is -0.494. The predicted octanol–water partition coefficient (Wildman–Crippen LogP) is 2.99. The van der Waals surface area contributed by atoms with Crippen molar-refractivity contribution in [1.29, 1.82) is 0 Å². The minimum Gasteiger partial charge on any atom is -0.469 e. The Balaban J connectivity index is 3.07. The Labute approximate surface area is 109 Å². The lowest BCUT2D eigenvalue weighted by atomic mass is 10.2. The van der Waals surface area contributed by atoms with Gasteiger partial charge < -0.3 is 4.74 Å². The molecular weight excluding hydrogens is 354 g/mol. The number of carbonyl (C=O) groups is 1. The van der Waals surface area contributed by atoms with Gasteiger partial charge in [-0.25, -0.2) is 13.8 Å². The number of carbonyl (C=O) groups excluding carboxylic acids is 1. The van der Waals surface area contributed by atoms with Crippen LogP contribution >= 0.6 is 34.2 Å². The molecule has 0 aromatic carbocycles. The van der Waals surface area contributed by atoms with E-state index in [2.05, 4.69) is 9.72 Å². The SMILES string of the molecule is COC(=O)Cc1c(I)cc(C(F)F)nc1Cl. The Hall–Kier alpha value is -0.500. The van der Waals surface area contributed by atoms with Crippen molar-refractivity contribution in [3.05, 3.63) is 26.0 Å². The van der Waals surface area contributed by atoms with Gasteiger partial charge in [0.25, 0.3) is 6.43 Å². The summed E-state index contributed by atoms with van der Waals surface area (Å²) in [6.07, 6.45) is -2.76. The lowest BCUT2D eigenvalue weighted by molar-refractivity contribution is -0.139. The third-order valence-electron chi connectivity index (χ3n) is 1.81. The van der Waals surface area contributed by atoms with Crippen LogP contribution in [0.25, 0.3) is 0 Å². The number of pyridine rings is 1. The van der Waals surface area contributed by atoms with Gasteiger partial charge in [0.2, 0.25) is 0 Å². The number of alkyl halides is 2. The number of halogens is 4. The molecule has 0 fully saturated rings. The summed E-state index contributed by atoms with van der Waals surface area (Å²) in [5, 5.41) is -0.0902. The molecule has 0 bridgehead atoms. The van der Waals surface area contributed by atoms with E-state index in [1.807, 2.05) is 22.6 Å². The number of hydrogen-bond donors (Lipinski definition) is 0. The molecule has 0 amide bonds. The zero-order chi connectivity index (χ0) is 12.3. The van der Waals surface area contributed by atoms with Crippen molar-refractivity contribution < 1.29 is 18.3 Å². The van der Waals surface area contributed by atoms with Crippen LogP contribution in [0.15, 0.2) is 6.07 Å². The van der Waals surface area contributed by atoms with Gasteiger partial charge in [-0.3, -0.25) is 4.79 Å². The number of hydrogen-bond acceptors (Lipinski definition) is 3. The first-order valence-electron chi connectivity index (χ1n) is 4.15. The van der Waals surface area contributed by atoms with Crippen molar-refractivity contribution in [2.75, 3.05) is 7.11 Å². The number of nitrogens with zero attached hydrogens (tertiary/aromatic N) is 1. The Kier molecular flexibility index (Phi) is 4.85. The highest BCUT2D eigenvalue weighted by atomic mass is 127. The van der Waals surface area contributed by atoms with Crippen LogP contribution in [0.2, 0.25) is 5.15 Å². The second-order valence-electron chi connectivity index (χ2n) is 2.85. The molecule has 0 unspecified atom stereocenters. The second-order valence-corrected chi connectivity index (χ2v) is 4.37. The Morgan fingerprint density at radius 2 is 2.31 bits per heavy atom. The number of methoxy groups -OCH3 is 1. The quantitative estimate of drug-likeness (QED) is 0.472. The summed E-state index contributed by atoms with van der Waals surface area (Å²) in [6, 6.07) is 1.20. The second kappa shape index (κ2) is 5.72. The van der Waals surface area contributed by atoms with E-state index in [4.69, 9.17) is 11.6 Å². The Morgan fingerprint density at radius 1 is 1.69 bits per heavy atom. The van der Waals surface area contributed by atoms with Crippen LogP contribution in [0.1, 0.15) is 17.7 Å². The third kappa shape index (κ3) is 3.24. The smallest absolute Gasteiger partial charge is 0.310 e. The zero-order valence-corrected chi connectivity index (χ0v) is 11.1. The largest absolute Gasteiger partial charge is 0.469 e. The molecule has 1 aromatic heterocycles. The highest BCUT2D eigenvalue weighted by Crippen LogP contribution is 2.26. The van der Waals surface area contributed by atoms with Crippen LogP contribution in [0.4, 0.5) is 8.78 Å². The molecule has 0 spiro atoms. The fourth-order valence-electron chi connectivity index (χ4n) is 1.01. The van der Waals surface area contributed by atoms with Crippen LogP contribution in [-0.2, 0) is 16.0 Å². The van der Waals surface area contributed by atoms with Gasteiger partial charge in [0.15, 0.2) is 0 Å². The molecule has 88 valence electrons. The molecule has 0 radical (unpaired) electrons. The van der Waals surface area contributed by atoms with Gasteiger partial charge >= 0.3 is 5.97 Å². The van der Waals surface area contributed by atoms with E-state index in [0.717, 1.165) is 0 Å². The van der Waals surface area contributed by atoms with Crippen LogP contribution in [0.5, 0.6) is 0 Å². The van der Waals surface area contributed by atoms with Crippen LogP contribution in [0, 0.1) is 3.57 Å². The molecular formula is C9H7ClF2INO2. The van der Waals surface area contributed by atoms with Crippen molar-refractivity contribution >= 4 is 40.2 Å². The van der Waals surface area contributed by atoms with Gasteiger partial charge in [0, 0.05) is 9.13 Å². The summed E-state index contributed by atoms with van der Waals surface area (Å²) in [7, 11) is 1.24. The van der Waals surface area contributed by atoms with E-state index in [0.29, 0.717) is 9.13 Å². The molecule has 0 aliphatic heterocycles. The van der Waals surface area contributed by atoms with E-state index in [9.17, 15) is 13.6 Å². The van der Waals surface area contributed by atoms with Crippen LogP contribution in [-0.4, -0.2) is 18.1 Å². The Morgan fingerprint density at radius 3 is 2.75 bits per heavy atom. The standard InChI is InChI=1S/C9H7ClF2INO2/c1-16-7(15)2-4-5(13)3-6(9(11)12)14-8(4)10/h3,9H,2H2,1H3. The molecule has 7 heteroatoms. The van der Waals surface area contributed by atoms with Gasteiger partial charge in [0.05, 0.1) is 13.5 Å². The molecule has 0 aliphatic rings. The maximum absolute atomic E-state index is 12.4. The van der Waals surface area contributed by atoms with E-state index in [-0.39, 0.29) is 11.6 Å². The van der Waals surface area contributed by atoms with Crippen LogP contribution < -0.4 is 0 Å². The molecule has 3 nitrogen and oxygen atoms in total. The first-order chi connectivity index (χ1) is 7.45. The van der Waals surface area contributed by atoms with Gasteiger partial charge in [-0.15, -0.1) is 0 Å². The highest BCUT2D eigenvalue weighted by Gasteiger charge is 2.17. The lowest BCUT2D eigenvalue weighted by Crippen LogP contribution is -2.08. The molecule has 0 N–H and O–H groups in total. The van der Waals surface area contributed by atoms with Crippen molar-refractivity contribution in [2.24, 2.45) is 0 Å². The molecule has 16 heavy (non-hydrogen) atoms. The number of aromatic nitrogens is 1. The monoisotopic (exact) mass is 361 g/mol. The minimum atomic E-state index is -2.68. The molecule has 1 aromatic rings. The normalized spacial score (nSPS) is 10.6. The molecule has 1 heterocycles. The number of rotatable bonds is 3. The molecule has 0 saturated carbocycles. The highest BCUT2D eigenvalue weighted by molar-refractivity contribution is 14.1. The van der Waals surface area contributed by atoms with E-state index < -0.39 is 18.1 Å². The van der Waals surface area contributed by atoms with Crippen molar-refractivity contribution in [3.63, 3.8) is 0 Å². The van der Waals surface area contributed by atoms with E-state index in [1.54, 1.807) is 0 Å². The third-order valence-corrected chi connectivity index (χ3v) is 3.09. The van der Waals surface area contributed by atoms with E-state index >= 15 is 0 Å². The zero-order valence-electron chi connectivity index (χ0n) is 8.14. The van der Waals surface area contributed by atoms with Crippen molar-refractivity contribution in [3.8, 4) is 0 Å². The summed E-state index contributed by atoms with van der Waals surface area (Å²) in [5.41, 5.74) is 0.00142.